The van der Waals surface area contributed by atoms with Crippen LogP contribution in [-0.2, 0) is 4.79 Å². The topological polar surface area (TPSA) is 63.2 Å². The van der Waals surface area contributed by atoms with Crippen molar-refractivity contribution in [3.63, 3.8) is 0 Å². The highest BCUT2D eigenvalue weighted by Crippen LogP contribution is 2.32. The maximum atomic E-state index is 12.5. The van der Waals surface area contributed by atoms with Crippen LogP contribution in [0.3, 0.4) is 0 Å². The molecule has 1 aliphatic rings. The van der Waals surface area contributed by atoms with Crippen molar-refractivity contribution in [1.29, 1.82) is 0 Å². The number of rotatable bonds is 5. The summed E-state index contributed by atoms with van der Waals surface area (Å²) in [7, 11) is 0. The van der Waals surface area contributed by atoms with E-state index in [1.54, 1.807) is 12.3 Å². The summed E-state index contributed by atoms with van der Waals surface area (Å²) < 4.78 is 5.43. The summed E-state index contributed by atoms with van der Waals surface area (Å²) >= 11 is 0. The van der Waals surface area contributed by atoms with Gasteiger partial charge in [0.1, 0.15) is 5.69 Å². The number of carbonyl (C=O) groups excluding carboxylic acids is 1. The number of hydrogen-bond acceptors (Lipinski definition) is 4. The zero-order chi connectivity index (χ0) is 13.7. The Morgan fingerprint density at radius 2 is 2.42 bits per heavy atom. The average molecular weight is 263 g/mol. The summed E-state index contributed by atoms with van der Waals surface area (Å²) in [5, 5.41) is 6.23. The summed E-state index contributed by atoms with van der Waals surface area (Å²) in [6, 6.07) is 3.62. The van der Waals surface area contributed by atoms with Gasteiger partial charge in [0, 0.05) is 12.7 Å². The highest BCUT2D eigenvalue weighted by molar-refractivity contribution is 5.96. The predicted molar refractivity (Wildman–Crippen MR) is 74.2 cm³/mol. The minimum atomic E-state index is -0.306. The third-order valence-corrected chi connectivity index (χ3v) is 3.70. The molecule has 2 rings (SSSR count). The van der Waals surface area contributed by atoms with E-state index < -0.39 is 0 Å². The fourth-order valence-electron chi connectivity index (χ4n) is 2.39. The minimum Gasteiger partial charge on any atom is -0.476 e. The van der Waals surface area contributed by atoms with Crippen LogP contribution in [0.5, 0.6) is 5.88 Å². The molecule has 0 radical (unpaired) electrons. The van der Waals surface area contributed by atoms with E-state index in [4.69, 9.17) is 4.74 Å². The van der Waals surface area contributed by atoms with Gasteiger partial charge >= 0.3 is 0 Å². The zero-order valence-electron chi connectivity index (χ0n) is 11.5. The fraction of sp³-hybridized carbons (Fsp3) is 0.571. The summed E-state index contributed by atoms with van der Waals surface area (Å²) in [5.41, 5.74) is 0.341. The van der Waals surface area contributed by atoms with E-state index in [-0.39, 0.29) is 11.3 Å². The van der Waals surface area contributed by atoms with Crippen molar-refractivity contribution in [2.45, 2.75) is 26.7 Å². The van der Waals surface area contributed by atoms with Crippen LogP contribution in [0.4, 0.5) is 5.69 Å². The number of aromatic nitrogens is 1. The Hall–Kier alpha value is -1.62. The maximum absolute atomic E-state index is 12.5. The number of nitrogens with one attached hydrogen (secondary N) is 2. The van der Waals surface area contributed by atoms with Crippen molar-refractivity contribution in [1.82, 2.24) is 10.3 Å². The monoisotopic (exact) mass is 263 g/mol. The van der Waals surface area contributed by atoms with Crippen LogP contribution in [-0.4, -0.2) is 30.6 Å². The number of amides is 1. The third kappa shape index (κ3) is 2.87. The molecule has 1 fully saturated rings. The summed E-state index contributed by atoms with van der Waals surface area (Å²) in [6.45, 7) is 6.11. The van der Waals surface area contributed by atoms with Crippen LogP contribution < -0.4 is 15.4 Å². The molecular weight excluding hydrogens is 242 g/mol. The molecule has 1 aliphatic heterocycles. The molecule has 5 nitrogen and oxygen atoms in total. The van der Waals surface area contributed by atoms with E-state index in [1.807, 2.05) is 13.0 Å². The Bertz CT molecular complexity index is 442. The lowest BCUT2D eigenvalue weighted by Crippen LogP contribution is -2.37. The molecule has 0 bridgehead atoms. The molecule has 1 saturated heterocycles. The van der Waals surface area contributed by atoms with E-state index in [0.717, 1.165) is 25.9 Å². The first kappa shape index (κ1) is 13.8. The highest BCUT2D eigenvalue weighted by Gasteiger charge is 2.39. The number of hydrogen-bond donors (Lipinski definition) is 2. The van der Waals surface area contributed by atoms with Gasteiger partial charge in [0.2, 0.25) is 11.8 Å². The second kappa shape index (κ2) is 6.02. The second-order valence-electron chi connectivity index (χ2n) is 4.80. The van der Waals surface area contributed by atoms with Gasteiger partial charge in [-0.3, -0.25) is 4.79 Å². The van der Waals surface area contributed by atoms with Gasteiger partial charge in [-0.2, -0.15) is 0 Å². The van der Waals surface area contributed by atoms with Crippen molar-refractivity contribution in [2.24, 2.45) is 5.41 Å². The number of ether oxygens (including phenoxy) is 1. The molecule has 1 amide bonds. The summed E-state index contributed by atoms with van der Waals surface area (Å²) in [6.07, 6.45) is 3.36. The molecular formula is C14H21N3O2. The molecule has 0 saturated carbocycles. The van der Waals surface area contributed by atoms with Crippen molar-refractivity contribution in [3.8, 4) is 5.88 Å². The smallest absolute Gasteiger partial charge is 0.237 e. The van der Waals surface area contributed by atoms with Gasteiger partial charge in [-0.1, -0.05) is 6.92 Å². The van der Waals surface area contributed by atoms with E-state index >= 15 is 0 Å². The number of carbonyl (C=O) groups is 1. The standard InChI is InChI=1S/C14H21N3O2/c1-3-14(7-9-15-10-14)13(18)17-11-6-5-8-16-12(11)19-4-2/h5-6,8,15H,3-4,7,9-10H2,1-2H3,(H,17,18). The molecule has 1 atom stereocenters. The molecule has 104 valence electrons. The largest absolute Gasteiger partial charge is 0.476 e. The number of pyridine rings is 1. The molecule has 0 aliphatic carbocycles. The van der Waals surface area contributed by atoms with Gasteiger partial charge in [-0.05, 0) is 38.4 Å². The average Bonchev–Trinajstić information content (AvgIpc) is 2.91. The lowest BCUT2D eigenvalue weighted by molar-refractivity contribution is -0.124. The van der Waals surface area contributed by atoms with E-state index in [2.05, 4.69) is 22.5 Å². The van der Waals surface area contributed by atoms with E-state index in [1.165, 1.54) is 0 Å². The lowest BCUT2D eigenvalue weighted by atomic mass is 9.83. The van der Waals surface area contributed by atoms with Crippen LogP contribution in [0.25, 0.3) is 0 Å². The first-order valence-electron chi connectivity index (χ1n) is 6.82. The van der Waals surface area contributed by atoms with Crippen molar-refractivity contribution < 1.29 is 9.53 Å². The molecule has 5 heteroatoms. The molecule has 1 aromatic heterocycles. The van der Waals surface area contributed by atoms with Gasteiger partial charge < -0.3 is 15.4 Å². The van der Waals surface area contributed by atoms with Crippen molar-refractivity contribution in [3.05, 3.63) is 18.3 Å². The molecule has 2 N–H and O–H groups in total. The first-order chi connectivity index (χ1) is 9.22. The van der Waals surface area contributed by atoms with Crippen LogP contribution in [0, 0.1) is 5.41 Å². The fourth-order valence-corrected chi connectivity index (χ4v) is 2.39. The minimum absolute atomic E-state index is 0.0500. The Morgan fingerprint density at radius 3 is 3.05 bits per heavy atom. The first-order valence-corrected chi connectivity index (χ1v) is 6.82. The van der Waals surface area contributed by atoms with Crippen LogP contribution >= 0.6 is 0 Å². The SMILES string of the molecule is CCOc1ncccc1NC(=O)C1(CC)CCNC1. The van der Waals surface area contributed by atoms with E-state index in [9.17, 15) is 4.79 Å². The zero-order valence-corrected chi connectivity index (χ0v) is 11.5. The maximum Gasteiger partial charge on any atom is 0.237 e. The summed E-state index contributed by atoms with van der Waals surface area (Å²) in [4.78, 5) is 16.6. The summed E-state index contributed by atoms with van der Waals surface area (Å²) in [5.74, 6) is 0.532. The number of nitrogens with zero attached hydrogens (tertiary/aromatic N) is 1. The van der Waals surface area contributed by atoms with Crippen LogP contribution in [0.1, 0.15) is 26.7 Å². The Balaban J connectivity index is 2.14. The third-order valence-electron chi connectivity index (χ3n) is 3.70. The molecule has 1 aromatic rings. The Morgan fingerprint density at radius 1 is 1.58 bits per heavy atom. The van der Waals surface area contributed by atoms with Crippen LogP contribution in [0.15, 0.2) is 18.3 Å². The highest BCUT2D eigenvalue weighted by atomic mass is 16.5. The van der Waals surface area contributed by atoms with Crippen molar-refractivity contribution >= 4 is 11.6 Å². The van der Waals surface area contributed by atoms with Gasteiger partial charge in [-0.25, -0.2) is 4.98 Å². The quantitative estimate of drug-likeness (QED) is 0.850. The Labute approximate surface area is 113 Å². The molecule has 0 aromatic carbocycles. The molecule has 19 heavy (non-hydrogen) atoms. The normalized spacial score (nSPS) is 22.2. The molecule has 0 spiro atoms. The second-order valence-corrected chi connectivity index (χ2v) is 4.80. The van der Waals surface area contributed by atoms with Gasteiger partial charge in [0.25, 0.3) is 0 Å². The number of anilines is 1. The Kier molecular flexibility index (Phi) is 4.37. The lowest BCUT2D eigenvalue weighted by Gasteiger charge is -2.25. The molecule has 1 unspecified atom stereocenters. The van der Waals surface area contributed by atoms with Gasteiger partial charge in [0.05, 0.1) is 12.0 Å². The van der Waals surface area contributed by atoms with Gasteiger partial charge in [0.15, 0.2) is 0 Å². The predicted octanol–water partition coefficient (Wildman–Crippen LogP) is 1.81. The van der Waals surface area contributed by atoms with Crippen molar-refractivity contribution in [2.75, 3.05) is 25.0 Å². The molecule has 2 heterocycles. The van der Waals surface area contributed by atoms with E-state index in [0.29, 0.717) is 18.2 Å². The van der Waals surface area contributed by atoms with Crippen LogP contribution in [0.2, 0.25) is 0 Å². The van der Waals surface area contributed by atoms with Gasteiger partial charge in [-0.15, -0.1) is 0 Å².